The number of hydrogen-bond acceptors (Lipinski definition) is 3. The average Bonchev–Trinajstić information content (AvgIpc) is 2.01. The normalized spacial score (nSPS) is 11.3. The molecule has 0 aliphatic heterocycles. The number of carboxylic acid groups (broad SMARTS) is 1. The minimum Gasteiger partial charge on any atom is -0.478 e. The minimum absolute atomic E-state index is 0.223. The number of benzene rings is 1. The number of carbonyl (C=O) groups is 1. The van der Waals surface area contributed by atoms with Crippen LogP contribution in [0.15, 0.2) is 23.1 Å². The Morgan fingerprint density at radius 2 is 1.93 bits per heavy atom. The molecule has 5 nitrogen and oxygen atoms in total. The summed E-state index contributed by atoms with van der Waals surface area (Å²) in [6, 6.07) is 2.85. The molecule has 76 valence electrons. The van der Waals surface area contributed by atoms with E-state index >= 15 is 0 Å². The molecule has 0 unspecified atom stereocenters. The van der Waals surface area contributed by atoms with Crippen LogP contribution in [-0.4, -0.2) is 24.0 Å². The molecule has 1 rings (SSSR count). The van der Waals surface area contributed by atoms with Gasteiger partial charge in [-0.2, -0.15) is 8.42 Å². The highest BCUT2D eigenvalue weighted by Crippen LogP contribution is 2.20. The third-order valence-corrected chi connectivity index (χ3v) is 2.63. The molecular weight excluding hydrogens is 232 g/mol. The van der Waals surface area contributed by atoms with Gasteiger partial charge in [0.2, 0.25) is 0 Å². The number of carboxylic acids is 1. The molecule has 7 heteroatoms. The van der Waals surface area contributed by atoms with Gasteiger partial charge in [-0.25, -0.2) is 4.79 Å². The summed E-state index contributed by atoms with van der Waals surface area (Å²) in [5.41, 5.74) is -0.223. The van der Waals surface area contributed by atoms with Crippen LogP contribution < -0.4 is 0 Å². The maximum atomic E-state index is 10.6. The predicted octanol–water partition coefficient (Wildman–Crippen LogP) is 1.28. The van der Waals surface area contributed by atoms with Gasteiger partial charge >= 0.3 is 5.97 Å². The molecule has 14 heavy (non-hydrogen) atoms. The quantitative estimate of drug-likeness (QED) is 0.755. The number of aromatic carboxylic acids is 1. The molecule has 0 aliphatic rings. The summed E-state index contributed by atoms with van der Waals surface area (Å²) in [6.07, 6.45) is 0. The van der Waals surface area contributed by atoms with Gasteiger partial charge in [0.05, 0.1) is 15.5 Å². The molecule has 2 N–H and O–H groups in total. The van der Waals surface area contributed by atoms with Crippen LogP contribution in [0.3, 0.4) is 0 Å². The maximum absolute atomic E-state index is 10.6. The zero-order chi connectivity index (χ0) is 10.9. The monoisotopic (exact) mass is 236 g/mol. The molecule has 1 aromatic carbocycles. The molecule has 0 amide bonds. The van der Waals surface area contributed by atoms with Crippen molar-refractivity contribution in [1.29, 1.82) is 0 Å². The van der Waals surface area contributed by atoms with E-state index in [9.17, 15) is 13.2 Å². The average molecular weight is 237 g/mol. The Labute approximate surface area is 84.7 Å². The first-order valence-electron chi connectivity index (χ1n) is 3.32. The first-order valence-corrected chi connectivity index (χ1v) is 5.14. The van der Waals surface area contributed by atoms with Gasteiger partial charge in [0.25, 0.3) is 10.1 Å². The SMILES string of the molecule is O=C(O)c1ccc(S(=O)(=O)O)cc1Cl. The van der Waals surface area contributed by atoms with Crippen LogP contribution in [0, 0.1) is 0 Å². The van der Waals surface area contributed by atoms with Gasteiger partial charge in [0.15, 0.2) is 0 Å². The summed E-state index contributed by atoms with van der Waals surface area (Å²) in [4.78, 5) is 10.0. The molecular formula is C7H5ClO5S. The Balaban J connectivity index is 3.34. The molecule has 0 fully saturated rings. The van der Waals surface area contributed by atoms with Gasteiger partial charge in [-0.15, -0.1) is 0 Å². The molecule has 0 saturated heterocycles. The molecule has 0 aromatic heterocycles. The van der Waals surface area contributed by atoms with E-state index < -0.39 is 21.0 Å². The topological polar surface area (TPSA) is 91.7 Å². The van der Waals surface area contributed by atoms with Crippen molar-refractivity contribution >= 4 is 27.7 Å². The summed E-state index contributed by atoms with van der Waals surface area (Å²) in [5.74, 6) is -1.27. The van der Waals surface area contributed by atoms with Gasteiger partial charge in [-0.05, 0) is 18.2 Å². The lowest BCUT2D eigenvalue weighted by Gasteiger charge is -2.00. The number of halogens is 1. The Morgan fingerprint density at radius 1 is 1.36 bits per heavy atom. The predicted molar refractivity (Wildman–Crippen MR) is 48.2 cm³/mol. The van der Waals surface area contributed by atoms with E-state index in [-0.39, 0.29) is 10.6 Å². The summed E-state index contributed by atoms with van der Waals surface area (Å²) >= 11 is 5.47. The maximum Gasteiger partial charge on any atom is 0.337 e. The van der Waals surface area contributed by atoms with Crippen LogP contribution >= 0.6 is 11.6 Å². The van der Waals surface area contributed by atoms with Gasteiger partial charge in [-0.3, -0.25) is 4.55 Å². The van der Waals surface area contributed by atoms with Crippen LogP contribution in [0.4, 0.5) is 0 Å². The lowest BCUT2D eigenvalue weighted by molar-refractivity contribution is 0.0697. The molecule has 0 radical (unpaired) electrons. The second-order valence-electron chi connectivity index (χ2n) is 2.42. The van der Waals surface area contributed by atoms with Crippen molar-refractivity contribution in [2.24, 2.45) is 0 Å². The van der Waals surface area contributed by atoms with Gasteiger partial charge in [0.1, 0.15) is 0 Å². The van der Waals surface area contributed by atoms with Crippen LogP contribution in [0.2, 0.25) is 5.02 Å². The molecule has 0 atom stereocenters. The summed E-state index contributed by atoms with van der Waals surface area (Å²) in [5, 5.41) is 8.32. The highest BCUT2D eigenvalue weighted by atomic mass is 35.5. The Bertz CT molecular complexity index is 479. The fourth-order valence-corrected chi connectivity index (χ4v) is 1.66. The van der Waals surface area contributed by atoms with Crippen molar-refractivity contribution in [3.63, 3.8) is 0 Å². The van der Waals surface area contributed by atoms with Gasteiger partial charge in [-0.1, -0.05) is 11.6 Å². The minimum atomic E-state index is -4.35. The molecule has 1 aromatic rings. The fourth-order valence-electron chi connectivity index (χ4n) is 0.830. The smallest absolute Gasteiger partial charge is 0.337 e. The van der Waals surface area contributed by atoms with E-state index in [0.717, 1.165) is 18.2 Å². The van der Waals surface area contributed by atoms with E-state index in [0.29, 0.717) is 0 Å². The standard InChI is InChI=1S/C7H5ClO5S/c8-6-3-4(14(11,12)13)1-2-5(6)7(9)10/h1-3H,(H,9,10)(H,11,12,13). The third kappa shape index (κ3) is 2.22. The number of hydrogen-bond donors (Lipinski definition) is 2. The summed E-state index contributed by atoms with van der Waals surface area (Å²) < 4.78 is 29.8. The van der Waals surface area contributed by atoms with Crippen molar-refractivity contribution in [2.75, 3.05) is 0 Å². The van der Waals surface area contributed by atoms with E-state index in [1.54, 1.807) is 0 Å². The Kier molecular flexibility index (Phi) is 2.79. The molecule has 0 bridgehead atoms. The summed E-state index contributed by atoms with van der Waals surface area (Å²) in [6.45, 7) is 0. The van der Waals surface area contributed by atoms with Crippen LogP contribution in [0.25, 0.3) is 0 Å². The second-order valence-corrected chi connectivity index (χ2v) is 4.25. The van der Waals surface area contributed by atoms with E-state index in [1.807, 2.05) is 0 Å². The molecule has 0 saturated carbocycles. The lowest BCUT2D eigenvalue weighted by Crippen LogP contribution is -2.01. The zero-order valence-electron chi connectivity index (χ0n) is 6.64. The highest BCUT2D eigenvalue weighted by Gasteiger charge is 2.14. The Morgan fingerprint density at radius 3 is 2.29 bits per heavy atom. The van der Waals surface area contributed by atoms with Crippen LogP contribution in [0.5, 0.6) is 0 Å². The summed E-state index contributed by atoms with van der Waals surface area (Å²) in [7, 11) is -4.35. The van der Waals surface area contributed by atoms with Crippen LogP contribution in [-0.2, 0) is 10.1 Å². The first-order chi connectivity index (χ1) is 6.32. The Hall–Kier alpha value is -1.11. The van der Waals surface area contributed by atoms with Crippen molar-refractivity contribution in [3.05, 3.63) is 28.8 Å². The molecule has 0 aliphatic carbocycles. The molecule has 0 heterocycles. The first kappa shape index (κ1) is 11.0. The van der Waals surface area contributed by atoms with Gasteiger partial charge < -0.3 is 5.11 Å². The van der Waals surface area contributed by atoms with E-state index in [4.69, 9.17) is 21.3 Å². The van der Waals surface area contributed by atoms with Crippen molar-refractivity contribution in [1.82, 2.24) is 0 Å². The highest BCUT2D eigenvalue weighted by molar-refractivity contribution is 7.85. The molecule has 0 spiro atoms. The van der Waals surface area contributed by atoms with Crippen molar-refractivity contribution < 1.29 is 22.9 Å². The number of rotatable bonds is 2. The zero-order valence-corrected chi connectivity index (χ0v) is 8.21. The third-order valence-electron chi connectivity index (χ3n) is 1.47. The fraction of sp³-hybridized carbons (Fsp3) is 0. The lowest BCUT2D eigenvalue weighted by atomic mass is 10.2. The van der Waals surface area contributed by atoms with Crippen molar-refractivity contribution in [3.8, 4) is 0 Å². The van der Waals surface area contributed by atoms with E-state index in [2.05, 4.69) is 0 Å². The largest absolute Gasteiger partial charge is 0.478 e. The van der Waals surface area contributed by atoms with Crippen LogP contribution in [0.1, 0.15) is 10.4 Å². The van der Waals surface area contributed by atoms with Crippen molar-refractivity contribution in [2.45, 2.75) is 4.90 Å². The van der Waals surface area contributed by atoms with Gasteiger partial charge in [0, 0.05) is 0 Å². The second kappa shape index (κ2) is 3.56. The van der Waals surface area contributed by atoms with E-state index in [1.165, 1.54) is 0 Å².